The molecule has 86 valence electrons. The molecule has 1 rings (SSSR count). The van der Waals surface area contributed by atoms with Gasteiger partial charge in [0.05, 0.1) is 13.2 Å². The van der Waals surface area contributed by atoms with Crippen molar-refractivity contribution in [1.82, 2.24) is 0 Å². The minimum atomic E-state index is -0.592. The van der Waals surface area contributed by atoms with Gasteiger partial charge in [-0.3, -0.25) is 0 Å². The van der Waals surface area contributed by atoms with Crippen molar-refractivity contribution in [2.24, 2.45) is 5.73 Å². The third-order valence-corrected chi connectivity index (χ3v) is 2.33. The average Bonchev–Trinajstić information content (AvgIpc) is 2.27. The molecule has 2 atom stereocenters. The van der Waals surface area contributed by atoms with Gasteiger partial charge in [0.1, 0.15) is 5.75 Å². The van der Waals surface area contributed by atoms with E-state index in [1.807, 2.05) is 31.2 Å². The highest BCUT2D eigenvalue weighted by atomic mass is 35.5. The first-order valence-corrected chi connectivity index (χ1v) is 4.76. The molecule has 0 spiro atoms. The van der Waals surface area contributed by atoms with Gasteiger partial charge in [0, 0.05) is 6.04 Å². The maximum Gasteiger partial charge on any atom is 0.118 e. The first kappa shape index (κ1) is 14.2. The Morgan fingerprint density at radius 3 is 2.27 bits per heavy atom. The van der Waals surface area contributed by atoms with E-state index < -0.39 is 6.10 Å². The molecule has 0 amide bonds. The quantitative estimate of drug-likeness (QED) is 0.832. The lowest BCUT2D eigenvalue weighted by molar-refractivity contribution is 0.144. The zero-order valence-corrected chi connectivity index (χ0v) is 9.83. The van der Waals surface area contributed by atoms with E-state index >= 15 is 0 Å². The summed E-state index contributed by atoms with van der Waals surface area (Å²) in [7, 11) is 1.61. The standard InChI is InChI=1S/C11H17NO2.ClH/c1-3-10(12)11(13)8-4-6-9(14-2)7-5-8;/h4-7,10-11,13H,3,12H2,1-2H3;1H/t10-,11+;/m0./s1. The summed E-state index contributed by atoms with van der Waals surface area (Å²) in [6, 6.07) is 7.10. The van der Waals surface area contributed by atoms with Crippen LogP contribution in [0.15, 0.2) is 24.3 Å². The molecule has 0 aliphatic heterocycles. The van der Waals surface area contributed by atoms with Crippen molar-refractivity contribution in [1.29, 1.82) is 0 Å². The molecule has 0 heterocycles. The van der Waals surface area contributed by atoms with E-state index in [2.05, 4.69) is 0 Å². The second kappa shape index (κ2) is 6.67. The minimum Gasteiger partial charge on any atom is -0.497 e. The van der Waals surface area contributed by atoms with Gasteiger partial charge in [-0.05, 0) is 24.1 Å². The van der Waals surface area contributed by atoms with Gasteiger partial charge in [-0.1, -0.05) is 19.1 Å². The van der Waals surface area contributed by atoms with E-state index in [1.54, 1.807) is 7.11 Å². The summed E-state index contributed by atoms with van der Waals surface area (Å²) in [4.78, 5) is 0. The van der Waals surface area contributed by atoms with E-state index in [-0.39, 0.29) is 18.4 Å². The topological polar surface area (TPSA) is 55.5 Å². The number of rotatable bonds is 4. The lowest BCUT2D eigenvalue weighted by Gasteiger charge is -2.17. The Bertz CT molecular complexity index is 276. The summed E-state index contributed by atoms with van der Waals surface area (Å²) in [6.07, 6.45) is 0.165. The average molecular weight is 232 g/mol. The Morgan fingerprint density at radius 1 is 1.33 bits per heavy atom. The highest BCUT2D eigenvalue weighted by Gasteiger charge is 2.14. The predicted molar refractivity (Wildman–Crippen MR) is 63.5 cm³/mol. The maximum absolute atomic E-state index is 9.79. The summed E-state index contributed by atoms with van der Waals surface area (Å²) >= 11 is 0. The van der Waals surface area contributed by atoms with Gasteiger partial charge in [-0.15, -0.1) is 12.4 Å². The smallest absolute Gasteiger partial charge is 0.118 e. The van der Waals surface area contributed by atoms with Crippen molar-refractivity contribution in [3.8, 4) is 5.75 Å². The van der Waals surface area contributed by atoms with Crippen molar-refractivity contribution in [2.45, 2.75) is 25.5 Å². The number of hydrogen-bond acceptors (Lipinski definition) is 3. The van der Waals surface area contributed by atoms with Crippen molar-refractivity contribution in [3.63, 3.8) is 0 Å². The second-order valence-electron chi connectivity index (χ2n) is 3.29. The first-order valence-electron chi connectivity index (χ1n) is 4.76. The molecule has 4 heteroatoms. The lowest BCUT2D eigenvalue weighted by Crippen LogP contribution is -2.27. The third-order valence-electron chi connectivity index (χ3n) is 2.33. The molecule has 0 aliphatic carbocycles. The van der Waals surface area contributed by atoms with Crippen LogP contribution in [0.4, 0.5) is 0 Å². The van der Waals surface area contributed by atoms with Gasteiger partial charge in [0.2, 0.25) is 0 Å². The number of nitrogens with two attached hydrogens (primary N) is 1. The molecule has 0 radical (unpaired) electrons. The number of halogens is 1. The van der Waals surface area contributed by atoms with Crippen LogP contribution in [0.25, 0.3) is 0 Å². The molecule has 15 heavy (non-hydrogen) atoms. The Kier molecular flexibility index (Phi) is 6.32. The molecule has 0 saturated carbocycles. The molecule has 3 nitrogen and oxygen atoms in total. The monoisotopic (exact) mass is 231 g/mol. The van der Waals surface area contributed by atoms with Gasteiger partial charge in [-0.25, -0.2) is 0 Å². The van der Waals surface area contributed by atoms with Gasteiger partial charge < -0.3 is 15.6 Å². The van der Waals surface area contributed by atoms with Crippen molar-refractivity contribution < 1.29 is 9.84 Å². The lowest BCUT2D eigenvalue weighted by atomic mass is 10.0. The Balaban J connectivity index is 0.00000196. The van der Waals surface area contributed by atoms with Crippen LogP contribution in [0.3, 0.4) is 0 Å². The molecular weight excluding hydrogens is 214 g/mol. The van der Waals surface area contributed by atoms with Crippen LogP contribution in [0.2, 0.25) is 0 Å². The minimum absolute atomic E-state index is 0. The highest BCUT2D eigenvalue weighted by molar-refractivity contribution is 5.85. The van der Waals surface area contributed by atoms with Crippen LogP contribution in [0, 0.1) is 0 Å². The number of methoxy groups -OCH3 is 1. The molecule has 0 saturated heterocycles. The van der Waals surface area contributed by atoms with Crippen LogP contribution < -0.4 is 10.5 Å². The summed E-state index contributed by atoms with van der Waals surface area (Å²) in [5.41, 5.74) is 6.57. The van der Waals surface area contributed by atoms with Crippen LogP contribution in [-0.4, -0.2) is 18.3 Å². The van der Waals surface area contributed by atoms with Gasteiger partial charge in [0.15, 0.2) is 0 Å². The highest BCUT2D eigenvalue weighted by Crippen LogP contribution is 2.20. The largest absolute Gasteiger partial charge is 0.497 e. The summed E-state index contributed by atoms with van der Waals surface area (Å²) in [5, 5.41) is 9.79. The molecular formula is C11H18ClNO2. The molecule has 0 aromatic heterocycles. The van der Waals surface area contributed by atoms with Crippen LogP contribution in [-0.2, 0) is 0 Å². The summed E-state index contributed by atoms with van der Waals surface area (Å²) < 4.78 is 5.02. The Hall–Kier alpha value is -0.770. The molecule has 0 bridgehead atoms. The van der Waals surface area contributed by atoms with Gasteiger partial charge >= 0.3 is 0 Å². The predicted octanol–water partition coefficient (Wildman–Crippen LogP) is 1.89. The van der Waals surface area contributed by atoms with E-state index in [9.17, 15) is 5.11 Å². The molecule has 0 fully saturated rings. The molecule has 3 N–H and O–H groups in total. The van der Waals surface area contributed by atoms with Gasteiger partial charge in [-0.2, -0.15) is 0 Å². The summed E-state index contributed by atoms with van der Waals surface area (Å²) in [5.74, 6) is 0.783. The molecule has 0 unspecified atom stereocenters. The fourth-order valence-electron chi connectivity index (χ4n) is 1.27. The van der Waals surface area contributed by atoms with Gasteiger partial charge in [0.25, 0.3) is 0 Å². The fraction of sp³-hybridized carbons (Fsp3) is 0.455. The zero-order chi connectivity index (χ0) is 10.6. The molecule has 1 aromatic carbocycles. The van der Waals surface area contributed by atoms with Crippen LogP contribution in [0.1, 0.15) is 25.0 Å². The number of ether oxygens (including phenoxy) is 1. The summed E-state index contributed by atoms with van der Waals surface area (Å²) in [6.45, 7) is 1.96. The second-order valence-corrected chi connectivity index (χ2v) is 3.29. The number of benzene rings is 1. The molecule has 0 aliphatic rings. The van der Waals surface area contributed by atoms with E-state index in [1.165, 1.54) is 0 Å². The number of aliphatic hydroxyl groups excluding tert-OH is 1. The van der Waals surface area contributed by atoms with Crippen molar-refractivity contribution >= 4 is 12.4 Å². The zero-order valence-electron chi connectivity index (χ0n) is 9.01. The SMILES string of the molecule is CC[C@H](N)[C@H](O)c1ccc(OC)cc1.Cl. The number of aliphatic hydroxyl groups is 1. The van der Waals surface area contributed by atoms with E-state index in [4.69, 9.17) is 10.5 Å². The van der Waals surface area contributed by atoms with Crippen molar-refractivity contribution in [3.05, 3.63) is 29.8 Å². The normalized spacial score (nSPS) is 13.9. The van der Waals surface area contributed by atoms with Crippen molar-refractivity contribution in [2.75, 3.05) is 7.11 Å². The number of hydrogen-bond donors (Lipinski definition) is 2. The Morgan fingerprint density at radius 2 is 1.87 bits per heavy atom. The fourth-order valence-corrected chi connectivity index (χ4v) is 1.27. The molecule has 1 aromatic rings. The van der Waals surface area contributed by atoms with Crippen LogP contribution in [0.5, 0.6) is 5.75 Å². The van der Waals surface area contributed by atoms with Crippen LogP contribution >= 0.6 is 12.4 Å². The van der Waals surface area contributed by atoms with E-state index in [0.717, 1.165) is 17.7 Å². The maximum atomic E-state index is 9.79. The van der Waals surface area contributed by atoms with E-state index in [0.29, 0.717) is 0 Å². The Labute approximate surface area is 96.7 Å². The first-order chi connectivity index (χ1) is 6.69. The third kappa shape index (κ3) is 3.70.